The smallest absolute Gasteiger partial charge is 0.323 e. The molecule has 10 nitrogen and oxygen atoms in total. The predicted octanol–water partition coefficient (Wildman–Crippen LogP) is 6.16. The van der Waals surface area contributed by atoms with Crippen LogP contribution < -0.4 is 20.9 Å². The van der Waals surface area contributed by atoms with Gasteiger partial charge in [0.15, 0.2) is 0 Å². The van der Waals surface area contributed by atoms with Gasteiger partial charge in [0.25, 0.3) is 0 Å². The van der Waals surface area contributed by atoms with E-state index in [0.717, 1.165) is 65.5 Å². The highest BCUT2D eigenvalue weighted by Gasteiger charge is 2.16. The summed E-state index contributed by atoms with van der Waals surface area (Å²) >= 11 is 0. The normalized spacial score (nSPS) is 13.7. The Hall–Kier alpha value is -4.70. The van der Waals surface area contributed by atoms with Crippen molar-refractivity contribution >= 4 is 56.7 Å². The fourth-order valence-electron chi connectivity index (χ4n) is 4.83. The van der Waals surface area contributed by atoms with Gasteiger partial charge in [-0.15, -0.1) is 0 Å². The zero-order valence-electron chi connectivity index (χ0n) is 22.8. The summed E-state index contributed by atoms with van der Waals surface area (Å²) in [6.07, 6.45) is 1.81. The number of rotatable bonds is 6. The van der Waals surface area contributed by atoms with Crippen LogP contribution in [0, 0.1) is 6.92 Å². The van der Waals surface area contributed by atoms with E-state index in [2.05, 4.69) is 44.7 Å². The van der Waals surface area contributed by atoms with E-state index >= 15 is 0 Å². The summed E-state index contributed by atoms with van der Waals surface area (Å²) in [5, 5.41) is 10.2. The van der Waals surface area contributed by atoms with E-state index in [0.29, 0.717) is 22.8 Å². The molecule has 0 aliphatic carbocycles. The minimum Gasteiger partial charge on any atom is -0.378 e. The molecule has 0 bridgehead atoms. The second-order valence-electron chi connectivity index (χ2n) is 10.3. The molecular weight excluding hydrogens is 504 g/mol. The quantitative estimate of drug-likeness (QED) is 0.205. The Bertz CT molecular complexity index is 1670. The van der Waals surface area contributed by atoms with Crippen molar-refractivity contribution < 1.29 is 9.53 Å². The van der Waals surface area contributed by atoms with Crippen LogP contribution in [0.3, 0.4) is 0 Å². The van der Waals surface area contributed by atoms with Gasteiger partial charge in [0.05, 0.1) is 29.9 Å². The number of nitrogens with zero attached hydrogens (tertiary/aromatic N) is 4. The molecule has 0 atom stereocenters. The molecule has 0 unspecified atom stereocenters. The number of aromatic nitrogens is 4. The third kappa shape index (κ3) is 5.39. The van der Waals surface area contributed by atoms with Crippen molar-refractivity contribution in [2.24, 2.45) is 0 Å². The van der Waals surface area contributed by atoms with Gasteiger partial charge < -0.3 is 30.6 Å². The molecule has 3 heterocycles. The summed E-state index contributed by atoms with van der Waals surface area (Å²) in [5.74, 6) is 1.51. The van der Waals surface area contributed by atoms with Crippen LogP contribution in [0.25, 0.3) is 21.9 Å². The van der Waals surface area contributed by atoms with Gasteiger partial charge in [-0.05, 0) is 48.9 Å². The van der Waals surface area contributed by atoms with E-state index in [1.807, 2.05) is 61.5 Å². The van der Waals surface area contributed by atoms with E-state index < -0.39 is 0 Å². The summed E-state index contributed by atoms with van der Waals surface area (Å²) in [4.78, 5) is 32.7. The number of aryl methyl sites for hydroxylation is 1. The number of para-hydroxylation sites is 1. The van der Waals surface area contributed by atoms with E-state index in [1.165, 1.54) is 0 Å². The Kier molecular flexibility index (Phi) is 6.91. The SMILES string of the molecule is Cc1cccc2cnc(Nc3cc(NC(=O)Nc4ccc(N5CCOCC5)cc4)c4nc(C(C)C)[nH]c4c3)nc12. The lowest BCUT2D eigenvalue weighted by molar-refractivity contribution is 0.122. The zero-order chi connectivity index (χ0) is 27.6. The number of H-pyrrole nitrogens is 1. The maximum atomic E-state index is 13.1. The number of hydrogen-bond donors (Lipinski definition) is 4. The maximum absolute atomic E-state index is 13.1. The molecule has 0 radical (unpaired) electrons. The van der Waals surface area contributed by atoms with Crippen LogP contribution in [0.5, 0.6) is 0 Å². The van der Waals surface area contributed by atoms with Crippen molar-refractivity contribution in [3.8, 4) is 0 Å². The highest BCUT2D eigenvalue weighted by molar-refractivity contribution is 6.06. The number of carbonyl (C=O) groups excluding carboxylic acids is 1. The second-order valence-corrected chi connectivity index (χ2v) is 10.3. The van der Waals surface area contributed by atoms with Crippen molar-refractivity contribution in [1.29, 1.82) is 0 Å². The number of nitrogens with one attached hydrogen (secondary N) is 4. The molecule has 0 saturated carbocycles. The minimum atomic E-state index is -0.357. The lowest BCUT2D eigenvalue weighted by Gasteiger charge is -2.28. The van der Waals surface area contributed by atoms with Crippen LogP contribution in [-0.4, -0.2) is 52.3 Å². The first-order valence-electron chi connectivity index (χ1n) is 13.5. The standard InChI is InChI=1S/C30H32N8O2/c1-18(2)28-34-24-15-22(32-29-31-17-20-6-4-5-19(3)26(20)37-29)16-25(27(24)36-28)35-30(39)33-21-7-9-23(10-8-21)38-11-13-40-14-12-38/h4-10,15-18H,11-14H2,1-3H3,(H,34,36)(H,31,32,37)(H2,33,35,39). The Balaban J connectivity index is 1.24. The number of hydrogen-bond acceptors (Lipinski definition) is 7. The molecule has 40 heavy (non-hydrogen) atoms. The molecule has 1 fully saturated rings. The van der Waals surface area contributed by atoms with Gasteiger partial charge >= 0.3 is 6.03 Å². The maximum Gasteiger partial charge on any atom is 0.323 e. The number of urea groups is 1. The van der Waals surface area contributed by atoms with Gasteiger partial charge in [-0.2, -0.15) is 0 Å². The number of anilines is 5. The largest absolute Gasteiger partial charge is 0.378 e. The molecule has 1 saturated heterocycles. The number of aromatic amines is 1. The number of ether oxygens (including phenoxy) is 1. The average molecular weight is 537 g/mol. The monoisotopic (exact) mass is 536 g/mol. The molecule has 0 spiro atoms. The molecule has 2 aromatic heterocycles. The van der Waals surface area contributed by atoms with Gasteiger partial charge in [0, 0.05) is 47.7 Å². The van der Waals surface area contributed by atoms with Crippen LogP contribution in [0.4, 0.5) is 33.5 Å². The van der Waals surface area contributed by atoms with Gasteiger partial charge in [0.2, 0.25) is 5.95 Å². The summed E-state index contributed by atoms with van der Waals surface area (Å²) in [5.41, 5.74) is 6.56. The summed E-state index contributed by atoms with van der Waals surface area (Å²) in [6.45, 7) is 9.34. The summed E-state index contributed by atoms with van der Waals surface area (Å²) in [7, 11) is 0. The lowest BCUT2D eigenvalue weighted by atomic mass is 10.1. The Morgan fingerprint density at radius 3 is 2.55 bits per heavy atom. The van der Waals surface area contributed by atoms with Crippen molar-refractivity contribution in [2.75, 3.05) is 47.2 Å². The summed E-state index contributed by atoms with van der Waals surface area (Å²) < 4.78 is 5.44. The van der Waals surface area contributed by atoms with Gasteiger partial charge in [-0.1, -0.05) is 32.0 Å². The van der Waals surface area contributed by atoms with Gasteiger partial charge in [-0.3, -0.25) is 0 Å². The number of carbonyl (C=O) groups is 1. The molecule has 2 amide bonds. The highest BCUT2D eigenvalue weighted by Crippen LogP contribution is 2.30. The van der Waals surface area contributed by atoms with Crippen LogP contribution in [-0.2, 0) is 4.74 Å². The first-order valence-corrected chi connectivity index (χ1v) is 13.5. The number of morpholine rings is 1. The van der Waals surface area contributed by atoms with Gasteiger partial charge in [0.1, 0.15) is 11.3 Å². The molecule has 1 aliphatic rings. The molecular formula is C30H32N8O2. The Labute approximate surface area is 232 Å². The average Bonchev–Trinajstić information content (AvgIpc) is 3.40. The van der Waals surface area contributed by atoms with Crippen molar-refractivity contribution in [1.82, 2.24) is 19.9 Å². The molecule has 10 heteroatoms. The van der Waals surface area contributed by atoms with E-state index in [-0.39, 0.29) is 11.9 Å². The van der Waals surface area contributed by atoms with E-state index in [9.17, 15) is 4.79 Å². The zero-order valence-corrected chi connectivity index (χ0v) is 22.8. The first-order chi connectivity index (χ1) is 19.4. The molecule has 4 N–H and O–H groups in total. The van der Waals surface area contributed by atoms with E-state index in [1.54, 1.807) is 6.20 Å². The van der Waals surface area contributed by atoms with Crippen molar-refractivity contribution in [3.63, 3.8) is 0 Å². The lowest BCUT2D eigenvalue weighted by Crippen LogP contribution is -2.36. The number of amides is 2. The highest BCUT2D eigenvalue weighted by atomic mass is 16.5. The summed E-state index contributed by atoms with van der Waals surface area (Å²) in [6, 6.07) is 17.3. The van der Waals surface area contributed by atoms with Crippen LogP contribution in [0.15, 0.2) is 60.8 Å². The van der Waals surface area contributed by atoms with Crippen LogP contribution in [0.2, 0.25) is 0 Å². The molecule has 204 valence electrons. The molecule has 5 aromatic rings. The first kappa shape index (κ1) is 25.6. The van der Waals surface area contributed by atoms with E-state index in [4.69, 9.17) is 14.7 Å². The number of benzene rings is 3. The van der Waals surface area contributed by atoms with Crippen molar-refractivity contribution in [3.05, 3.63) is 72.2 Å². The molecule has 6 rings (SSSR count). The second kappa shape index (κ2) is 10.8. The van der Waals surface area contributed by atoms with Crippen molar-refractivity contribution in [2.45, 2.75) is 26.7 Å². The third-order valence-corrected chi connectivity index (χ3v) is 6.97. The Morgan fingerprint density at radius 2 is 1.77 bits per heavy atom. The molecule has 1 aliphatic heterocycles. The molecule has 3 aromatic carbocycles. The minimum absolute atomic E-state index is 0.197. The fourth-order valence-corrected chi connectivity index (χ4v) is 4.83. The van der Waals surface area contributed by atoms with Crippen LogP contribution in [0.1, 0.15) is 31.2 Å². The number of fused-ring (bicyclic) bond motifs is 2. The van der Waals surface area contributed by atoms with Crippen LogP contribution >= 0.6 is 0 Å². The third-order valence-electron chi connectivity index (χ3n) is 6.97. The topological polar surface area (TPSA) is 120 Å². The Morgan fingerprint density at radius 1 is 0.975 bits per heavy atom. The van der Waals surface area contributed by atoms with Gasteiger partial charge in [-0.25, -0.2) is 19.7 Å². The predicted molar refractivity (Wildman–Crippen MR) is 160 cm³/mol. The number of imidazole rings is 1. The fraction of sp³-hybridized carbons (Fsp3) is 0.267.